The van der Waals surface area contributed by atoms with Crippen molar-refractivity contribution in [2.75, 3.05) is 20.8 Å². The van der Waals surface area contributed by atoms with Crippen LogP contribution in [0.1, 0.15) is 50.5 Å². The van der Waals surface area contributed by atoms with E-state index in [2.05, 4.69) is 41.1 Å². The van der Waals surface area contributed by atoms with Crippen molar-refractivity contribution in [3.63, 3.8) is 0 Å². The number of fused-ring (bicyclic) bond motifs is 1. The normalized spacial score (nSPS) is 16.2. The second kappa shape index (κ2) is 10.9. The fraction of sp³-hybridized carbons (Fsp3) is 0.464. The number of hydrogen-bond donors (Lipinski definition) is 1. The number of carbonyl (C=O) groups excluding carboxylic acids is 1. The number of nitrogens with zero attached hydrogens (tertiary/aromatic N) is 1. The van der Waals surface area contributed by atoms with Gasteiger partial charge in [-0.25, -0.2) is 0 Å². The molecule has 1 saturated heterocycles. The standard InChI is InChI=1S/C28H36N2O3/c1-20-24-19-23(33-3)15-16-26(24)30(28(20)21-11-13-22(32-2)14-12-21)18-8-4-5-10-27(31)25-9-6-7-17-29-25/h11-16,19,25,29H,4-10,17-18H2,1-3H3. The number of piperidine rings is 1. The smallest absolute Gasteiger partial charge is 0.149 e. The molecule has 1 N–H and O–H groups in total. The number of Topliss-reactive ketones (excluding diaryl/α,β-unsaturated/α-hetero) is 1. The number of methoxy groups -OCH3 is 2. The van der Waals surface area contributed by atoms with Crippen LogP contribution in [0.5, 0.6) is 11.5 Å². The number of nitrogens with one attached hydrogen (secondary N) is 1. The maximum absolute atomic E-state index is 12.5. The fourth-order valence-corrected chi connectivity index (χ4v) is 5.03. The Bertz CT molecular complexity index is 1080. The summed E-state index contributed by atoms with van der Waals surface area (Å²) in [5.41, 5.74) is 4.90. The molecule has 1 unspecified atom stereocenters. The Morgan fingerprint density at radius 3 is 2.45 bits per heavy atom. The maximum Gasteiger partial charge on any atom is 0.149 e. The van der Waals surface area contributed by atoms with Gasteiger partial charge in [-0.3, -0.25) is 4.79 Å². The van der Waals surface area contributed by atoms with Crippen molar-refractivity contribution in [3.05, 3.63) is 48.0 Å². The molecule has 5 nitrogen and oxygen atoms in total. The van der Waals surface area contributed by atoms with Gasteiger partial charge in [-0.1, -0.05) is 12.8 Å². The van der Waals surface area contributed by atoms with E-state index in [9.17, 15) is 4.79 Å². The zero-order chi connectivity index (χ0) is 23.2. The van der Waals surface area contributed by atoms with Crippen LogP contribution in [0.4, 0.5) is 0 Å². The van der Waals surface area contributed by atoms with Crippen molar-refractivity contribution >= 4 is 16.7 Å². The molecule has 2 aromatic carbocycles. The van der Waals surface area contributed by atoms with Gasteiger partial charge in [0.05, 0.1) is 26.0 Å². The van der Waals surface area contributed by atoms with Gasteiger partial charge >= 0.3 is 0 Å². The van der Waals surface area contributed by atoms with Gasteiger partial charge in [-0.15, -0.1) is 0 Å². The Morgan fingerprint density at radius 2 is 1.76 bits per heavy atom. The Morgan fingerprint density at radius 1 is 1.00 bits per heavy atom. The number of ether oxygens (including phenoxy) is 2. The highest BCUT2D eigenvalue weighted by atomic mass is 16.5. The van der Waals surface area contributed by atoms with Crippen LogP contribution in [0.15, 0.2) is 42.5 Å². The Labute approximate surface area is 197 Å². The fourth-order valence-electron chi connectivity index (χ4n) is 5.03. The molecule has 1 aliphatic rings. The molecule has 4 rings (SSSR count). The van der Waals surface area contributed by atoms with Gasteiger partial charge in [0.1, 0.15) is 17.3 Å². The molecule has 5 heteroatoms. The van der Waals surface area contributed by atoms with Crippen molar-refractivity contribution in [2.24, 2.45) is 0 Å². The molecular weight excluding hydrogens is 412 g/mol. The highest BCUT2D eigenvalue weighted by Crippen LogP contribution is 2.36. The third-order valence-electron chi connectivity index (χ3n) is 6.89. The van der Waals surface area contributed by atoms with Crippen LogP contribution >= 0.6 is 0 Å². The number of carbonyl (C=O) groups is 1. The highest BCUT2D eigenvalue weighted by Gasteiger charge is 2.20. The number of ketones is 1. The van der Waals surface area contributed by atoms with Gasteiger partial charge in [-0.05, 0) is 92.7 Å². The minimum atomic E-state index is 0.0893. The van der Waals surface area contributed by atoms with E-state index in [4.69, 9.17) is 9.47 Å². The van der Waals surface area contributed by atoms with Crippen molar-refractivity contribution in [1.29, 1.82) is 0 Å². The van der Waals surface area contributed by atoms with Crippen molar-refractivity contribution in [2.45, 2.75) is 64.5 Å². The molecule has 2 heterocycles. The molecular formula is C28H36N2O3. The SMILES string of the molecule is COc1ccc(-c2c(C)c3cc(OC)ccc3n2CCCCCC(=O)C2CCCCN2)cc1. The van der Waals surface area contributed by atoms with E-state index in [-0.39, 0.29) is 6.04 Å². The Hall–Kier alpha value is -2.79. The summed E-state index contributed by atoms with van der Waals surface area (Å²) in [7, 11) is 3.40. The van der Waals surface area contributed by atoms with Crippen molar-refractivity contribution < 1.29 is 14.3 Å². The van der Waals surface area contributed by atoms with Crippen molar-refractivity contribution in [3.8, 4) is 22.8 Å². The zero-order valence-corrected chi connectivity index (χ0v) is 20.2. The lowest BCUT2D eigenvalue weighted by molar-refractivity contribution is -0.121. The van der Waals surface area contributed by atoms with Crippen LogP contribution in [0.25, 0.3) is 22.2 Å². The summed E-state index contributed by atoms with van der Waals surface area (Å²) in [5, 5.41) is 4.60. The van der Waals surface area contributed by atoms with E-state index < -0.39 is 0 Å². The Kier molecular flexibility index (Phi) is 7.71. The summed E-state index contributed by atoms with van der Waals surface area (Å²) in [5.74, 6) is 2.12. The molecule has 0 aliphatic carbocycles. The lowest BCUT2D eigenvalue weighted by atomic mass is 9.97. The number of hydrogen-bond acceptors (Lipinski definition) is 4. The van der Waals surface area contributed by atoms with Crippen LogP contribution in [0, 0.1) is 6.92 Å². The van der Waals surface area contributed by atoms with Gasteiger partial charge in [0, 0.05) is 23.9 Å². The van der Waals surface area contributed by atoms with E-state index in [1.54, 1.807) is 14.2 Å². The minimum Gasteiger partial charge on any atom is -0.497 e. The highest BCUT2D eigenvalue weighted by molar-refractivity contribution is 5.92. The average Bonchev–Trinajstić information content (AvgIpc) is 3.15. The number of unbranched alkanes of at least 4 members (excludes halogenated alkanes) is 2. The van der Waals surface area contributed by atoms with E-state index in [0.717, 1.165) is 50.3 Å². The summed E-state index contributed by atoms with van der Waals surface area (Å²) < 4.78 is 13.3. The summed E-state index contributed by atoms with van der Waals surface area (Å²) >= 11 is 0. The molecule has 3 aromatic rings. The number of rotatable bonds is 10. The van der Waals surface area contributed by atoms with Gasteiger partial charge in [0.25, 0.3) is 0 Å². The van der Waals surface area contributed by atoms with E-state index in [0.29, 0.717) is 12.2 Å². The van der Waals surface area contributed by atoms with Crippen LogP contribution < -0.4 is 14.8 Å². The van der Waals surface area contributed by atoms with E-state index >= 15 is 0 Å². The summed E-state index contributed by atoms with van der Waals surface area (Å²) in [4.78, 5) is 12.5. The molecule has 176 valence electrons. The van der Waals surface area contributed by atoms with Crippen LogP contribution in [-0.2, 0) is 11.3 Å². The van der Waals surface area contributed by atoms with Crippen LogP contribution in [0.3, 0.4) is 0 Å². The number of aromatic nitrogens is 1. The molecule has 1 aromatic heterocycles. The molecule has 1 atom stereocenters. The summed E-state index contributed by atoms with van der Waals surface area (Å²) in [6, 6.07) is 14.7. The van der Waals surface area contributed by atoms with Gasteiger partial charge in [0.15, 0.2) is 0 Å². The predicted molar refractivity (Wildman–Crippen MR) is 134 cm³/mol. The van der Waals surface area contributed by atoms with Crippen LogP contribution in [-0.4, -0.2) is 37.2 Å². The molecule has 0 radical (unpaired) electrons. The molecule has 0 amide bonds. The van der Waals surface area contributed by atoms with Gasteiger partial charge in [-0.2, -0.15) is 0 Å². The molecule has 0 spiro atoms. The summed E-state index contributed by atoms with van der Waals surface area (Å²) in [6.45, 7) is 4.09. The van der Waals surface area contributed by atoms with Gasteiger partial charge < -0.3 is 19.4 Å². The van der Waals surface area contributed by atoms with Gasteiger partial charge in [0.2, 0.25) is 0 Å². The second-order valence-electron chi connectivity index (χ2n) is 9.02. The third kappa shape index (κ3) is 5.25. The number of aryl methyl sites for hydroxylation is 2. The first-order chi connectivity index (χ1) is 16.1. The van der Waals surface area contributed by atoms with Crippen LogP contribution in [0.2, 0.25) is 0 Å². The first-order valence-corrected chi connectivity index (χ1v) is 12.2. The Balaban J connectivity index is 1.49. The molecule has 1 aliphatic heterocycles. The molecule has 33 heavy (non-hydrogen) atoms. The minimum absolute atomic E-state index is 0.0893. The molecule has 0 saturated carbocycles. The number of benzene rings is 2. The quantitative estimate of drug-likeness (QED) is 0.392. The first-order valence-electron chi connectivity index (χ1n) is 12.2. The van der Waals surface area contributed by atoms with E-state index in [1.165, 1.54) is 40.6 Å². The molecule has 0 bridgehead atoms. The average molecular weight is 449 g/mol. The topological polar surface area (TPSA) is 52.5 Å². The monoisotopic (exact) mass is 448 g/mol. The summed E-state index contributed by atoms with van der Waals surface area (Å²) in [6.07, 6.45) is 7.10. The van der Waals surface area contributed by atoms with E-state index in [1.807, 2.05) is 18.2 Å². The zero-order valence-electron chi connectivity index (χ0n) is 20.2. The first kappa shape index (κ1) is 23.4. The van der Waals surface area contributed by atoms with Crippen molar-refractivity contribution in [1.82, 2.24) is 9.88 Å². The molecule has 1 fully saturated rings. The third-order valence-corrected chi connectivity index (χ3v) is 6.89. The lowest BCUT2D eigenvalue weighted by Gasteiger charge is -2.22. The lowest BCUT2D eigenvalue weighted by Crippen LogP contribution is -2.40. The largest absolute Gasteiger partial charge is 0.497 e. The predicted octanol–water partition coefficient (Wildman–Crippen LogP) is 5.91. The second-order valence-corrected chi connectivity index (χ2v) is 9.02. The maximum atomic E-state index is 12.5.